The van der Waals surface area contributed by atoms with Gasteiger partial charge in [0.1, 0.15) is 10.6 Å². The van der Waals surface area contributed by atoms with Crippen LogP contribution in [0.5, 0.6) is 5.75 Å². The first-order chi connectivity index (χ1) is 10.1. The summed E-state index contributed by atoms with van der Waals surface area (Å²) in [6.07, 6.45) is 0. The zero-order valence-corrected chi connectivity index (χ0v) is 12.4. The molecule has 0 saturated heterocycles. The summed E-state index contributed by atoms with van der Waals surface area (Å²) in [6, 6.07) is 4.98. The van der Waals surface area contributed by atoms with Crippen molar-refractivity contribution in [2.45, 2.75) is 18.0 Å². The highest BCUT2D eigenvalue weighted by molar-refractivity contribution is 7.89. The first-order valence-electron chi connectivity index (χ1n) is 6.10. The van der Waals surface area contributed by atoms with Crippen LogP contribution in [0.25, 0.3) is 0 Å². The Labute approximate surface area is 122 Å². The predicted molar refractivity (Wildman–Crippen MR) is 74.0 cm³/mol. The fourth-order valence-electron chi connectivity index (χ4n) is 1.74. The van der Waals surface area contributed by atoms with Gasteiger partial charge in [0.25, 0.3) is 0 Å². The van der Waals surface area contributed by atoms with Crippen molar-refractivity contribution in [3.63, 3.8) is 0 Å². The van der Waals surface area contributed by atoms with Crippen LogP contribution in [0.3, 0.4) is 0 Å². The highest BCUT2D eigenvalue weighted by atomic mass is 32.2. The summed E-state index contributed by atoms with van der Waals surface area (Å²) in [5, 5.41) is 16.0. The van der Waals surface area contributed by atoms with Crippen LogP contribution in [-0.2, 0) is 23.1 Å². The molecular formula is C11H16N6O3S. The summed E-state index contributed by atoms with van der Waals surface area (Å²) in [5.41, 5.74) is 0.832. The minimum absolute atomic E-state index is 0.0573. The lowest BCUT2D eigenvalue weighted by Crippen LogP contribution is -2.24. The Morgan fingerprint density at radius 3 is 2.76 bits per heavy atom. The number of aromatic nitrogens is 4. The maximum absolute atomic E-state index is 12.4. The maximum Gasteiger partial charge on any atom is 0.244 e. The first kappa shape index (κ1) is 15.4. The molecule has 3 N–H and O–H groups in total. The van der Waals surface area contributed by atoms with Crippen molar-refractivity contribution in [2.75, 3.05) is 14.2 Å². The molecule has 0 bridgehead atoms. The number of rotatable bonds is 7. The van der Waals surface area contributed by atoms with Crippen molar-refractivity contribution in [2.24, 2.45) is 0 Å². The Morgan fingerprint density at radius 1 is 1.33 bits per heavy atom. The van der Waals surface area contributed by atoms with E-state index in [1.54, 1.807) is 25.2 Å². The number of ether oxygens (including phenoxy) is 1. The molecule has 0 spiro atoms. The summed E-state index contributed by atoms with van der Waals surface area (Å²) in [4.78, 5) is 0.0706. The molecule has 114 valence electrons. The summed E-state index contributed by atoms with van der Waals surface area (Å²) in [6.45, 7) is 0.496. The van der Waals surface area contributed by atoms with Gasteiger partial charge >= 0.3 is 0 Å². The molecule has 2 rings (SSSR count). The number of aromatic amines is 1. The lowest BCUT2D eigenvalue weighted by atomic mass is 10.2. The highest BCUT2D eigenvalue weighted by Crippen LogP contribution is 2.24. The van der Waals surface area contributed by atoms with E-state index in [0.717, 1.165) is 5.56 Å². The van der Waals surface area contributed by atoms with Crippen molar-refractivity contribution in [1.29, 1.82) is 0 Å². The molecular weight excluding hydrogens is 296 g/mol. The van der Waals surface area contributed by atoms with Crippen LogP contribution in [0.1, 0.15) is 11.4 Å². The van der Waals surface area contributed by atoms with Gasteiger partial charge in [0.2, 0.25) is 10.0 Å². The van der Waals surface area contributed by atoms with Crippen LogP contribution in [0.2, 0.25) is 0 Å². The van der Waals surface area contributed by atoms with Gasteiger partial charge in [0.15, 0.2) is 5.82 Å². The lowest BCUT2D eigenvalue weighted by Gasteiger charge is -2.11. The van der Waals surface area contributed by atoms with Crippen LogP contribution in [0.4, 0.5) is 0 Å². The van der Waals surface area contributed by atoms with Gasteiger partial charge in [-0.15, -0.1) is 10.2 Å². The Hall–Kier alpha value is -2.04. The zero-order valence-electron chi connectivity index (χ0n) is 11.6. The molecule has 0 amide bonds. The molecule has 1 aromatic heterocycles. The maximum atomic E-state index is 12.4. The molecule has 0 saturated carbocycles. The zero-order chi connectivity index (χ0) is 15.3. The number of nitrogens with zero attached hydrogens (tertiary/aromatic N) is 3. The van der Waals surface area contributed by atoms with E-state index in [9.17, 15) is 8.42 Å². The monoisotopic (exact) mass is 312 g/mol. The second-order valence-electron chi connectivity index (χ2n) is 4.17. The number of H-pyrrole nitrogens is 1. The molecule has 0 aliphatic carbocycles. The van der Waals surface area contributed by atoms with Gasteiger partial charge in [-0.2, -0.15) is 5.21 Å². The smallest absolute Gasteiger partial charge is 0.244 e. The fraction of sp³-hybridized carbons (Fsp3) is 0.364. The number of tetrazole rings is 1. The summed E-state index contributed by atoms with van der Waals surface area (Å²) >= 11 is 0. The number of methoxy groups -OCH3 is 1. The van der Waals surface area contributed by atoms with E-state index in [2.05, 4.69) is 30.7 Å². The Morgan fingerprint density at radius 2 is 2.14 bits per heavy atom. The molecule has 0 aliphatic rings. The van der Waals surface area contributed by atoms with E-state index in [4.69, 9.17) is 4.74 Å². The Balaban J connectivity index is 2.26. The van der Waals surface area contributed by atoms with E-state index in [1.165, 1.54) is 7.11 Å². The largest absolute Gasteiger partial charge is 0.495 e. The Kier molecular flexibility index (Phi) is 4.83. The quantitative estimate of drug-likeness (QED) is 0.624. The molecule has 0 fully saturated rings. The predicted octanol–water partition coefficient (Wildman–Crippen LogP) is -0.594. The van der Waals surface area contributed by atoms with Crippen molar-refractivity contribution >= 4 is 10.0 Å². The lowest BCUT2D eigenvalue weighted by molar-refractivity contribution is 0.402. The summed E-state index contributed by atoms with van der Waals surface area (Å²) in [7, 11) is -0.538. The number of hydrogen-bond acceptors (Lipinski definition) is 7. The van der Waals surface area contributed by atoms with Crippen molar-refractivity contribution in [3.8, 4) is 5.75 Å². The highest BCUT2D eigenvalue weighted by Gasteiger charge is 2.20. The molecule has 0 aliphatic heterocycles. The van der Waals surface area contributed by atoms with Crippen molar-refractivity contribution in [1.82, 2.24) is 30.7 Å². The van der Waals surface area contributed by atoms with Gasteiger partial charge in [0, 0.05) is 6.54 Å². The van der Waals surface area contributed by atoms with Crippen LogP contribution in [-0.4, -0.2) is 43.2 Å². The second-order valence-corrected chi connectivity index (χ2v) is 5.90. The topological polar surface area (TPSA) is 122 Å². The van der Waals surface area contributed by atoms with E-state index in [-0.39, 0.29) is 23.0 Å². The van der Waals surface area contributed by atoms with Gasteiger partial charge in [-0.25, -0.2) is 13.1 Å². The van der Waals surface area contributed by atoms with Gasteiger partial charge in [-0.1, -0.05) is 11.3 Å². The van der Waals surface area contributed by atoms with Gasteiger partial charge < -0.3 is 10.1 Å². The standard InChI is InChI=1S/C11H16N6O3S/c1-12-6-8-3-4-9(20-2)10(5-8)21(18,19)13-7-11-14-16-17-15-11/h3-5,12-13H,6-7H2,1-2H3,(H,14,15,16,17). The molecule has 0 radical (unpaired) electrons. The van der Waals surface area contributed by atoms with Gasteiger partial charge in [0.05, 0.1) is 13.7 Å². The molecule has 2 aromatic rings. The normalized spacial score (nSPS) is 11.5. The SMILES string of the molecule is CNCc1ccc(OC)c(S(=O)(=O)NCc2nn[nH]n2)c1. The second kappa shape index (κ2) is 6.61. The van der Waals surface area contributed by atoms with Crippen LogP contribution in [0.15, 0.2) is 23.1 Å². The summed E-state index contributed by atoms with van der Waals surface area (Å²) in [5.74, 6) is 0.527. The van der Waals surface area contributed by atoms with E-state index in [1.807, 2.05) is 0 Å². The third-order valence-corrected chi connectivity index (χ3v) is 4.13. The van der Waals surface area contributed by atoms with Crippen LogP contribution >= 0.6 is 0 Å². The molecule has 9 nitrogen and oxygen atoms in total. The van der Waals surface area contributed by atoms with Crippen molar-refractivity contribution in [3.05, 3.63) is 29.6 Å². The van der Waals surface area contributed by atoms with Crippen molar-refractivity contribution < 1.29 is 13.2 Å². The number of nitrogens with one attached hydrogen (secondary N) is 3. The number of hydrogen-bond donors (Lipinski definition) is 3. The average molecular weight is 312 g/mol. The van der Waals surface area contributed by atoms with E-state index >= 15 is 0 Å². The summed E-state index contributed by atoms with van der Waals surface area (Å²) < 4.78 is 32.3. The minimum atomic E-state index is -3.74. The fourth-order valence-corrected chi connectivity index (χ4v) is 2.94. The number of sulfonamides is 1. The Bertz CT molecular complexity index is 686. The van der Waals surface area contributed by atoms with Crippen LogP contribution in [0, 0.1) is 0 Å². The minimum Gasteiger partial charge on any atom is -0.495 e. The van der Waals surface area contributed by atoms with Crippen LogP contribution < -0.4 is 14.8 Å². The van der Waals surface area contributed by atoms with Gasteiger partial charge in [-0.05, 0) is 24.7 Å². The number of benzene rings is 1. The molecule has 21 heavy (non-hydrogen) atoms. The third kappa shape index (κ3) is 3.74. The molecule has 0 unspecified atom stereocenters. The average Bonchev–Trinajstić information content (AvgIpc) is 2.99. The molecule has 1 heterocycles. The molecule has 1 aromatic carbocycles. The van der Waals surface area contributed by atoms with E-state index in [0.29, 0.717) is 6.54 Å². The first-order valence-corrected chi connectivity index (χ1v) is 7.58. The molecule has 0 atom stereocenters. The third-order valence-electron chi connectivity index (χ3n) is 2.71. The van der Waals surface area contributed by atoms with E-state index < -0.39 is 10.0 Å². The van der Waals surface area contributed by atoms with Gasteiger partial charge in [-0.3, -0.25) is 0 Å². The molecule has 10 heteroatoms.